The van der Waals surface area contributed by atoms with Gasteiger partial charge >= 0.3 is 23.9 Å². The second-order valence-corrected chi connectivity index (χ2v) is 12.6. The topological polar surface area (TPSA) is 185 Å². The van der Waals surface area contributed by atoms with Crippen LogP contribution >= 0.6 is 0 Å². The number of ether oxygens (including phenoxy) is 2. The summed E-state index contributed by atoms with van der Waals surface area (Å²) in [5.74, 6) is -2.51. The van der Waals surface area contributed by atoms with E-state index in [0.29, 0.717) is 35.6 Å². The molecule has 0 saturated heterocycles. The Morgan fingerprint density at radius 2 is 0.960 bits per heavy atom. The minimum atomic E-state index is -0.925. The molecule has 0 fully saturated rings. The summed E-state index contributed by atoms with van der Waals surface area (Å²) in [5, 5.41) is 19.1. The highest BCUT2D eigenvalue weighted by atomic mass is 16.5. The van der Waals surface area contributed by atoms with E-state index in [0.717, 1.165) is 66.6 Å². The molecule has 0 spiro atoms. The number of hydrogen-bond acceptors (Lipinski definition) is 8. The number of esters is 2. The van der Waals surface area contributed by atoms with Crippen LogP contribution in [0.15, 0.2) is 24.3 Å². The first kappa shape index (κ1) is 35.8. The Hall–Kier alpha value is -5.52. The molecule has 262 valence electrons. The number of rotatable bonds is 12. The zero-order chi connectivity index (χ0) is 36.3. The molecule has 3 aromatic heterocycles. The van der Waals surface area contributed by atoms with Crippen molar-refractivity contribution >= 4 is 68.2 Å². The first-order valence-corrected chi connectivity index (χ1v) is 16.5. The number of allylic oxidation sites excluding steroid dienone is 4. The monoisotopic (exact) mass is 682 g/mol. The van der Waals surface area contributed by atoms with E-state index in [1.54, 1.807) is 0 Å². The van der Waals surface area contributed by atoms with Crippen molar-refractivity contribution in [3.63, 3.8) is 0 Å². The molecule has 0 radical (unpaired) electrons. The number of hydrogen-bond donors (Lipinski definition) is 4. The number of aryl methyl sites for hydroxylation is 4. The SMILES string of the molecule is COC(=O)CCc1c(C)c2cc3nc(cc4nc(cc5[nH]c(cc1[nH]2)c(CCC(=O)OC)c5C)C(CCC(=O)O)=C4C)C(CCC(=O)O)=C3C. The van der Waals surface area contributed by atoms with Gasteiger partial charge in [-0.3, -0.25) is 19.2 Å². The van der Waals surface area contributed by atoms with Crippen molar-refractivity contribution in [2.24, 2.45) is 0 Å². The number of carbonyl (C=O) groups excluding carboxylic acids is 2. The number of carboxylic acid groups (broad SMARTS) is 2. The Morgan fingerprint density at radius 1 is 0.560 bits per heavy atom. The summed E-state index contributed by atoms with van der Waals surface area (Å²) in [7, 11) is 2.72. The lowest BCUT2D eigenvalue weighted by atomic mass is 9.98. The molecule has 2 aliphatic rings. The quantitative estimate of drug-likeness (QED) is 0.149. The highest BCUT2D eigenvalue weighted by Crippen LogP contribution is 2.38. The van der Waals surface area contributed by atoms with Crippen molar-refractivity contribution in [2.45, 2.75) is 79.1 Å². The van der Waals surface area contributed by atoms with Crippen LogP contribution in [0.2, 0.25) is 0 Å². The molecule has 0 saturated carbocycles. The third-order valence-corrected chi connectivity index (χ3v) is 9.59. The first-order chi connectivity index (χ1) is 23.8. The lowest BCUT2D eigenvalue weighted by molar-refractivity contribution is -0.141. The van der Waals surface area contributed by atoms with Crippen molar-refractivity contribution in [2.75, 3.05) is 14.2 Å². The van der Waals surface area contributed by atoms with E-state index >= 15 is 0 Å². The van der Waals surface area contributed by atoms with E-state index in [2.05, 4.69) is 9.97 Å². The number of aromatic amines is 2. The Bertz CT molecular complexity index is 2130. The van der Waals surface area contributed by atoms with Gasteiger partial charge in [-0.05, 0) is 122 Å². The normalized spacial score (nSPS) is 12.8. The summed E-state index contributed by atoms with van der Waals surface area (Å²) < 4.78 is 9.87. The molecule has 0 aliphatic carbocycles. The van der Waals surface area contributed by atoms with Gasteiger partial charge in [0.2, 0.25) is 0 Å². The van der Waals surface area contributed by atoms with Gasteiger partial charge in [0.1, 0.15) is 0 Å². The average Bonchev–Trinajstić information content (AvgIpc) is 3.73. The van der Waals surface area contributed by atoms with E-state index < -0.39 is 11.9 Å². The third-order valence-electron chi connectivity index (χ3n) is 9.59. The number of aliphatic carboxylic acids is 2. The van der Waals surface area contributed by atoms with Gasteiger partial charge < -0.3 is 29.7 Å². The van der Waals surface area contributed by atoms with Crippen molar-refractivity contribution in [3.8, 4) is 0 Å². The molecule has 50 heavy (non-hydrogen) atoms. The fraction of sp³-hybridized carbons (Fsp3) is 0.368. The van der Waals surface area contributed by atoms with E-state index in [1.165, 1.54) is 14.2 Å². The summed E-state index contributed by atoms with van der Waals surface area (Å²) in [5.41, 5.74) is 12.5. The zero-order valence-electron chi connectivity index (χ0n) is 29.2. The van der Waals surface area contributed by atoms with Gasteiger partial charge in [0.05, 0.1) is 37.0 Å². The number of fused-ring (bicyclic) bond motifs is 8. The lowest BCUT2D eigenvalue weighted by Crippen LogP contribution is -2.02. The van der Waals surface area contributed by atoms with Crippen LogP contribution < -0.4 is 0 Å². The summed E-state index contributed by atoms with van der Waals surface area (Å²) >= 11 is 0. The largest absolute Gasteiger partial charge is 0.481 e. The minimum absolute atomic E-state index is 0.0754. The molecule has 2 aliphatic heterocycles. The second-order valence-electron chi connectivity index (χ2n) is 12.6. The molecule has 0 atom stereocenters. The van der Waals surface area contributed by atoms with Crippen molar-refractivity contribution in [3.05, 3.63) is 69.3 Å². The summed E-state index contributed by atoms with van der Waals surface area (Å²) in [4.78, 5) is 64.8. The van der Waals surface area contributed by atoms with Gasteiger partial charge in [0.25, 0.3) is 0 Å². The summed E-state index contributed by atoms with van der Waals surface area (Å²) in [6.45, 7) is 7.77. The lowest BCUT2D eigenvalue weighted by Gasteiger charge is -2.04. The fourth-order valence-corrected chi connectivity index (χ4v) is 6.61. The molecule has 12 heteroatoms. The standard InChI is InChI=1S/C38H42N4O8/c1-19-23(7-11-35(43)44)31-16-29-20(2)24(8-12-36(45)46)32(41-29)17-30-22(4)26(10-14-38(48)50-6)34(42-30)18-33-25(9-13-37(47)49-5)21(3)28(40-33)15-27(19)39-31/h15-18,40,42H,7-14H2,1-6H3,(H,43,44)(H,45,46). The number of aromatic nitrogens is 4. The molecule has 8 bridgehead atoms. The maximum atomic E-state index is 12.2. The fourth-order valence-electron chi connectivity index (χ4n) is 6.61. The number of nitrogens with one attached hydrogen (secondary N) is 2. The second kappa shape index (κ2) is 14.9. The molecule has 4 N–H and O–H groups in total. The van der Waals surface area contributed by atoms with Crippen LogP contribution in [0.5, 0.6) is 0 Å². The summed E-state index contributed by atoms with van der Waals surface area (Å²) in [6, 6.07) is 7.66. The van der Waals surface area contributed by atoms with Gasteiger partial charge in [-0.1, -0.05) is 0 Å². The predicted molar refractivity (Wildman–Crippen MR) is 190 cm³/mol. The van der Waals surface area contributed by atoms with Crippen LogP contribution in [0, 0.1) is 13.8 Å². The number of carbonyl (C=O) groups is 4. The third kappa shape index (κ3) is 7.54. The Balaban J connectivity index is 1.89. The predicted octanol–water partition coefficient (Wildman–Crippen LogP) is 6.73. The highest BCUT2D eigenvalue weighted by molar-refractivity contribution is 5.96. The molecule has 5 heterocycles. The molecule has 0 aromatic carbocycles. The van der Waals surface area contributed by atoms with Gasteiger partial charge in [0, 0.05) is 47.8 Å². The Kier molecular flexibility index (Phi) is 10.7. The zero-order valence-corrected chi connectivity index (χ0v) is 29.2. The first-order valence-electron chi connectivity index (χ1n) is 16.5. The highest BCUT2D eigenvalue weighted by Gasteiger charge is 2.23. The molecule has 12 nitrogen and oxygen atoms in total. The Morgan fingerprint density at radius 3 is 1.38 bits per heavy atom. The maximum absolute atomic E-state index is 12.2. The van der Waals surface area contributed by atoms with E-state index in [4.69, 9.17) is 19.4 Å². The number of carboxylic acids is 2. The van der Waals surface area contributed by atoms with Crippen LogP contribution in [-0.4, -0.2) is 68.2 Å². The van der Waals surface area contributed by atoms with E-state index in [9.17, 15) is 29.4 Å². The smallest absolute Gasteiger partial charge is 0.305 e. The van der Waals surface area contributed by atoms with Gasteiger partial charge in [-0.15, -0.1) is 0 Å². The van der Waals surface area contributed by atoms with Crippen LogP contribution in [0.1, 0.15) is 97.4 Å². The van der Waals surface area contributed by atoms with Crippen LogP contribution in [0.4, 0.5) is 0 Å². The summed E-state index contributed by atoms with van der Waals surface area (Å²) in [6.07, 6.45) is 1.52. The van der Waals surface area contributed by atoms with E-state index in [1.807, 2.05) is 52.0 Å². The molecule has 5 rings (SSSR count). The maximum Gasteiger partial charge on any atom is 0.305 e. The van der Waals surface area contributed by atoms with E-state index in [-0.39, 0.29) is 50.5 Å². The van der Waals surface area contributed by atoms with Gasteiger partial charge in [-0.2, -0.15) is 0 Å². The van der Waals surface area contributed by atoms with Crippen molar-refractivity contribution in [1.82, 2.24) is 19.9 Å². The number of H-pyrrole nitrogens is 2. The molecule has 0 unspecified atom stereocenters. The van der Waals surface area contributed by atoms with Crippen molar-refractivity contribution in [1.29, 1.82) is 0 Å². The molecule has 3 aromatic rings. The number of nitrogens with zero attached hydrogens (tertiary/aromatic N) is 2. The van der Waals surface area contributed by atoms with Crippen LogP contribution in [0.3, 0.4) is 0 Å². The molecular weight excluding hydrogens is 640 g/mol. The molecule has 0 amide bonds. The average molecular weight is 683 g/mol. The van der Waals surface area contributed by atoms with Crippen LogP contribution in [0.25, 0.3) is 44.4 Å². The van der Waals surface area contributed by atoms with Crippen LogP contribution in [-0.2, 0) is 41.5 Å². The van der Waals surface area contributed by atoms with Gasteiger partial charge in [0.15, 0.2) is 0 Å². The molecular formula is C38H42N4O8. The minimum Gasteiger partial charge on any atom is -0.481 e. The van der Waals surface area contributed by atoms with Crippen molar-refractivity contribution < 1.29 is 38.9 Å². The van der Waals surface area contributed by atoms with Gasteiger partial charge in [-0.25, -0.2) is 9.97 Å². The number of methoxy groups -OCH3 is 2. The Labute approximate surface area is 289 Å².